The van der Waals surface area contributed by atoms with Crippen molar-refractivity contribution in [1.29, 1.82) is 0 Å². The van der Waals surface area contributed by atoms with E-state index in [1.165, 1.54) is 29.7 Å². The molecule has 9 heteroatoms. The fourth-order valence-electron chi connectivity index (χ4n) is 5.29. The summed E-state index contributed by atoms with van der Waals surface area (Å²) in [5.41, 5.74) is 0.0582. The van der Waals surface area contributed by atoms with E-state index >= 15 is 0 Å². The van der Waals surface area contributed by atoms with Gasteiger partial charge in [-0.05, 0) is 26.7 Å². The third kappa shape index (κ3) is 10.5. The van der Waals surface area contributed by atoms with Crippen LogP contribution in [0.2, 0.25) is 8.87 Å². The minimum atomic E-state index is -1.58. The molecule has 2 radical (unpaired) electrons. The molecule has 0 aliphatic heterocycles. The molecule has 1 aromatic rings. The van der Waals surface area contributed by atoms with Crippen LogP contribution in [0.3, 0.4) is 0 Å². The second kappa shape index (κ2) is 16.3. The van der Waals surface area contributed by atoms with Crippen LogP contribution >= 0.6 is 0 Å². The van der Waals surface area contributed by atoms with E-state index in [9.17, 15) is 23.4 Å². The van der Waals surface area contributed by atoms with Crippen molar-refractivity contribution in [2.45, 2.75) is 114 Å². The van der Waals surface area contributed by atoms with Crippen LogP contribution in [-0.2, 0) is 36.4 Å². The number of nitrogens with two attached hydrogens (primary N) is 1. The number of anilines is 1. The molecule has 7 nitrogen and oxygen atoms in total. The molecule has 0 heterocycles. The minimum absolute atomic E-state index is 0.0801. The van der Waals surface area contributed by atoms with Crippen LogP contribution in [-0.4, -0.2) is 59.1 Å². The normalized spacial score (nSPS) is 14.5. The summed E-state index contributed by atoms with van der Waals surface area (Å²) in [6.45, 7) is 16.3. The summed E-state index contributed by atoms with van der Waals surface area (Å²) < 4.78 is 15.1. The van der Waals surface area contributed by atoms with Crippen LogP contribution in [0.1, 0.15) is 93.6 Å². The molecule has 1 aromatic carbocycles. The van der Waals surface area contributed by atoms with Gasteiger partial charge in [0.15, 0.2) is 16.8 Å². The first kappa shape index (κ1) is 36.6. The van der Waals surface area contributed by atoms with Gasteiger partial charge in [-0.3, -0.25) is 13.8 Å². The van der Waals surface area contributed by atoms with E-state index in [0.29, 0.717) is 24.9 Å². The summed E-state index contributed by atoms with van der Waals surface area (Å²) in [5.74, 6) is 5.64. The quantitative estimate of drug-likeness (QED) is 0.0547. The molecule has 0 fully saturated rings. The van der Waals surface area contributed by atoms with Crippen molar-refractivity contribution in [1.82, 2.24) is 0 Å². The zero-order chi connectivity index (χ0) is 30.8. The molecule has 1 amide bonds. The SMILES string of the molecule is CC[CH2][Sn][CH2]C(CC)C(=O)C(C)(C)CC(C)(C)C(=O)N(N)c1ccc(CCC(C)S(=O)C(C(C)=O)C(C)=O)cc1. The molecule has 3 atom stereocenters. The van der Waals surface area contributed by atoms with E-state index < -0.39 is 48.0 Å². The molecule has 1 rings (SSSR count). The van der Waals surface area contributed by atoms with Crippen LogP contribution in [0.4, 0.5) is 5.69 Å². The van der Waals surface area contributed by atoms with Gasteiger partial charge in [-0.15, -0.1) is 0 Å². The van der Waals surface area contributed by atoms with Crippen LogP contribution in [0.25, 0.3) is 0 Å². The number of ketones is 3. The number of carbonyl (C=O) groups is 4. The van der Waals surface area contributed by atoms with Crippen LogP contribution in [0, 0.1) is 16.7 Å². The predicted octanol–water partition coefficient (Wildman–Crippen LogP) is 5.50. The molecule has 0 aliphatic rings. The molecular weight excluding hydrogens is 631 g/mol. The van der Waals surface area contributed by atoms with Gasteiger partial charge in [0.05, 0.1) is 0 Å². The predicted molar refractivity (Wildman–Crippen MR) is 166 cm³/mol. The topological polar surface area (TPSA) is 115 Å². The first-order chi connectivity index (χ1) is 18.5. The van der Waals surface area contributed by atoms with Crippen molar-refractivity contribution in [3.8, 4) is 0 Å². The van der Waals surface area contributed by atoms with E-state index in [0.717, 1.165) is 16.4 Å². The number of amides is 1. The zero-order valence-electron chi connectivity index (χ0n) is 26.0. The molecule has 3 unspecified atom stereocenters. The molecule has 0 bridgehead atoms. The zero-order valence-corrected chi connectivity index (χ0v) is 29.6. The number of Topliss-reactive ketones (excluding diaryl/α,β-unsaturated/α-hetero) is 3. The monoisotopic (exact) mass is 682 g/mol. The van der Waals surface area contributed by atoms with Crippen molar-refractivity contribution in [2.24, 2.45) is 22.6 Å². The van der Waals surface area contributed by atoms with Gasteiger partial charge in [0.1, 0.15) is 0 Å². The third-order valence-electron chi connectivity index (χ3n) is 7.45. The first-order valence-corrected chi connectivity index (χ1v) is 19.6. The number of hydrogen-bond acceptors (Lipinski definition) is 6. The van der Waals surface area contributed by atoms with E-state index in [4.69, 9.17) is 5.84 Å². The Morgan fingerprint density at radius 1 is 0.975 bits per heavy atom. The fourth-order valence-corrected chi connectivity index (χ4v) is 10.7. The van der Waals surface area contributed by atoms with Crippen LogP contribution < -0.4 is 10.9 Å². The van der Waals surface area contributed by atoms with Crippen molar-refractivity contribution < 1.29 is 23.4 Å². The Morgan fingerprint density at radius 3 is 2.00 bits per heavy atom. The number of hydrogen-bond donors (Lipinski definition) is 1. The summed E-state index contributed by atoms with van der Waals surface area (Å²) >= 11 is -0.525. The molecule has 0 saturated heterocycles. The van der Waals surface area contributed by atoms with Gasteiger partial charge < -0.3 is 0 Å². The van der Waals surface area contributed by atoms with Gasteiger partial charge in [0.2, 0.25) is 0 Å². The molecule has 40 heavy (non-hydrogen) atoms. The molecule has 0 aliphatic carbocycles. The second-order valence-corrected chi connectivity index (χ2v) is 18.2. The fraction of sp³-hybridized carbons (Fsp3) is 0.677. The molecule has 2 N–H and O–H groups in total. The first-order valence-electron chi connectivity index (χ1n) is 14.3. The molecule has 0 saturated carbocycles. The Hall–Kier alpha value is -1.39. The second-order valence-electron chi connectivity index (χ2n) is 12.2. The van der Waals surface area contributed by atoms with Crippen LogP contribution in [0.15, 0.2) is 24.3 Å². The Bertz CT molecular complexity index is 1040. The molecular formula is C31H50N2O5SSn. The molecule has 224 valence electrons. The van der Waals surface area contributed by atoms with Gasteiger partial charge in [-0.2, -0.15) is 0 Å². The number of hydrazine groups is 1. The standard InChI is InChI=1S/C28H43N2O5S.C3H7.Sn/c1-10-18(2)25(33)27(6,7)17-28(8,9)26(34)30(29)23-15-13-22(14-16-23)12-11-19(3)36(35)24(20(4)31)21(5)32;1-3-2;/h13-16,18-19,24H,2,10-12,17,29H2,1,3-9H3;1,3H2,2H3;. The van der Waals surface area contributed by atoms with Crippen molar-refractivity contribution in [3.05, 3.63) is 29.8 Å². The van der Waals surface area contributed by atoms with Gasteiger partial charge in [-0.25, -0.2) is 0 Å². The van der Waals surface area contributed by atoms with Gasteiger partial charge in [0.25, 0.3) is 0 Å². The molecule has 0 spiro atoms. The molecule has 0 aromatic heterocycles. The summed E-state index contributed by atoms with van der Waals surface area (Å²) in [6.07, 6.45) is 3.60. The number of carbonyl (C=O) groups excluding carboxylic acids is 4. The summed E-state index contributed by atoms with van der Waals surface area (Å²) in [5, 5.41) is -0.230. The van der Waals surface area contributed by atoms with E-state index in [1.54, 1.807) is 19.1 Å². The Labute approximate surface area is 254 Å². The average molecular weight is 682 g/mol. The number of nitrogens with zero attached hydrogens (tertiary/aromatic N) is 1. The van der Waals surface area contributed by atoms with E-state index in [1.807, 2.05) is 39.8 Å². The number of benzene rings is 1. The Morgan fingerprint density at radius 2 is 1.52 bits per heavy atom. The van der Waals surface area contributed by atoms with Crippen LogP contribution in [0.5, 0.6) is 0 Å². The number of aryl methyl sites for hydroxylation is 1. The Balaban J connectivity index is 2.87. The Kier molecular flexibility index (Phi) is 14.9. The van der Waals surface area contributed by atoms with Gasteiger partial charge in [-0.1, -0.05) is 6.92 Å². The third-order valence-corrected chi connectivity index (χ3v) is 14.3. The summed E-state index contributed by atoms with van der Waals surface area (Å²) in [4.78, 5) is 50.4. The maximum absolute atomic E-state index is 13.5. The summed E-state index contributed by atoms with van der Waals surface area (Å²) in [7, 11) is -1.58. The average Bonchev–Trinajstić information content (AvgIpc) is 2.87. The maximum atomic E-state index is 13.5. The van der Waals surface area contributed by atoms with Crippen molar-refractivity contribution in [3.63, 3.8) is 0 Å². The van der Waals surface area contributed by atoms with E-state index in [-0.39, 0.29) is 34.4 Å². The van der Waals surface area contributed by atoms with Crippen molar-refractivity contribution >= 4 is 60.9 Å². The van der Waals surface area contributed by atoms with Gasteiger partial charge in [0, 0.05) is 16.0 Å². The van der Waals surface area contributed by atoms with E-state index in [2.05, 4.69) is 13.8 Å². The summed E-state index contributed by atoms with van der Waals surface area (Å²) in [6, 6.07) is 7.31. The number of rotatable bonds is 18. The van der Waals surface area contributed by atoms with Crippen molar-refractivity contribution in [2.75, 3.05) is 5.01 Å². The van der Waals surface area contributed by atoms with Gasteiger partial charge >= 0.3 is 175 Å².